The Morgan fingerprint density at radius 3 is 2.52 bits per heavy atom. The maximum absolute atomic E-state index is 12.7. The third kappa shape index (κ3) is 3.12. The number of carbonyl (C=O) groups excluding carboxylic acids is 1. The van der Waals surface area contributed by atoms with Gasteiger partial charge in [-0.25, -0.2) is 4.98 Å². The number of nitrogens with zero attached hydrogens (tertiary/aromatic N) is 1. The Morgan fingerprint density at radius 2 is 1.74 bits per heavy atom. The standard InChI is InChI=1S/C21H23N5O/c27-21(20-25-17-10-3-4-11-18(17)26-20)22-14-7-5-6-13(12-14)19-23-15-8-1-2-9-16(15)24-19/h1-4,8-11,13-14,19,23-24H,5-7,12H2,(H,22,27)(H,25,26). The minimum Gasteiger partial charge on any atom is -0.363 e. The molecule has 1 fully saturated rings. The Kier molecular flexibility index (Phi) is 3.96. The number of rotatable bonds is 3. The number of H-pyrrole nitrogens is 1. The molecule has 4 N–H and O–H groups in total. The average Bonchev–Trinajstić information content (AvgIpc) is 3.32. The van der Waals surface area contributed by atoms with E-state index in [0.717, 1.165) is 48.1 Å². The van der Waals surface area contributed by atoms with Gasteiger partial charge in [0.15, 0.2) is 5.82 Å². The molecule has 0 bridgehead atoms. The zero-order chi connectivity index (χ0) is 18.2. The molecule has 3 aromatic rings. The predicted molar refractivity (Wildman–Crippen MR) is 107 cm³/mol. The van der Waals surface area contributed by atoms with Gasteiger partial charge in [0, 0.05) is 6.04 Å². The first-order valence-electron chi connectivity index (χ1n) is 9.64. The smallest absolute Gasteiger partial charge is 0.287 e. The Hall–Kier alpha value is -3.02. The normalized spacial score (nSPS) is 22.1. The highest BCUT2D eigenvalue weighted by molar-refractivity contribution is 5.94. The molecule has 1 aliphatic carbocycles. The molecule has 6 heteroatoms. The van der Waals surface area contributed by atoms with E-state index in [-0.39, 0.29) is 18.1 Å². The van der Waals surface area contributed by atoms with Gasteiger partial charge in [0.25, 0.3) is 5.91 Å². The van der Waals surface area contributed by atoms with Crippen molar-refractivity contribution in [2.45, 2.75) is 37.9 Å². The molecule has 0 saturated heterocycles. The fourth-order valence-electron chi connectivity index (χ4n) is 4.32. The molecule has 2 aliphatic rings. The fourth-order valence-corrected chi connectivity index (χ4v) is 4.32. The lowest BCUT2D eigenvalue weighted by Crippen LogP contribution is -2.43. The van der Waals surface area contributed by atoms with E-state index >= 15 is 0 Å². The van der Waals surface area contributed by atoms with Gasteiger partial charge >= 0.3 is 0 Å². The van der Waals surface area contributed by atoms with Crippen LogP contribution in [0.1, 0.15) is 36.3 Å². The highest BCUT2D eigenvalue weighted by atomic mass is 16.2. The number of aromatic amines is 1. The Balaban J connectivity index is 1.24. The minimum absolute atomic E-state index is 0.118. The van der Waals surface area contributed by atoms with E-state index in [2.05, 4.69) is 38.1 Å². The number of hydrogen-bond donors (Lipinski definition) is 4. The first-order chi connectivity index (χ1) is 13.3. The summed E-state index contributed by atoms with van der Waals surface area (Å²) in [5.41, 5.74) is 4.04. The van der Waals surface area contributed by atoms with Crippen LogP contribution >= 0.6 is 0 Å². The largest absolute Gasteiger partial charge is 0.363 e. The number of imidazole rings is 1. The highest BCUT2D eigenvalue weighted by Crippen LogP contribution is 2.35. The van der Waals surface area contributed by atoms with Crippen LogP contribution in [0.25, 0.3) is 11.0 Å². The van der Waals surface area contributed by atoms with Gasteiger partial charge in [-0.15, -0.1) is 0 Å². The molecule has 138 valence electrons. The highest BCUT2D eigenvalue weighted by Gasteiger charge is 2.32. The van der Waals surface area contributed by atoms with Crippen LogP contribution in [0.15, 0.2) is 48.5 Å². The van der Waals surface area contributed by atoms with E-state index in [1.807, 2.05) is 36.4 Å². The molecule has 6 nitrogen and oxygen atoms in total. The number of carbonyl (C=O) groups is 1. The SMILES string of the molecule is O=C(NC1CCCC(C2Nc3ccccc3N2)C1)c1nc2ccccc2[nH]1. The molecular weight excluding hydrogens is 338 g/mol. The van der Waals surface area contributed by atoms with Crippen LogP contribution < -0.4 is 16.0 Å². The first-order valence-corrected chi connectivity index (χ1v) is 9.64. The van der Waals surface area contributed by atoms with E-state index in [1.165, 1.54) is 0 Å². The molecule has 2 atom stereocenters. The molecule has 0 spiro atoms. The molecule has 5 rings (SSSR count). The predicted octanol–water partition coefficient (Wildman–Crippen LogP) is 3.72. The van der Waals surface area contributed by atoms with Gasteiger partial charge in [0.1, 0.15) is 0 Å². The van der Waals surface area contributed by atoms with Crippen LogP contribution in [-0.2, 0) is 0 Å². The van der Waals surface area contributed by atoms with E-state index in [9.17, 15) is 4.79 Å². The lowest BCUT2D eigenvalue weighted by molar-refractivity contribution is 0.0909. The number of benzene rings is 2. The van der Waals surface area contributed by atoms with Gasteiger partial charge in [0.2, 0.25) is 0 Å². The number of aromatic nitrogens is 2. The summed E-state index contributed by atoms with van der Waals surface area (Å²) in [4.78, 5) is 20.2. The van der Waals surface area contributed by atoms with Crippen LogP contribution in [0.4, 0.5) is 11.4 Å². The quantitative estimate of drug-likeness (QED) is 0.573. The molecule has 1 saturated carbocycles. The summed E-state index contributed by atoms with van der Waals surface area (Å²) in [6, 6.07) is 16.2. The number of fused-ring (bicyclic) bond motifs is 2. The average molecular weight is 361 g/mol. The molecular formula is C21H23N5O. The van der Waals surface area contributed by atoms with Crippen molar-refractivity contribution in [3.63, 3.8) is 0 Å². The van der Waals surface area contributed by atoms with E-state index in [1.54, 1.807) is 0 Å². The molecule has 1 aliphatic heterocycles. The second kappa shape index (κ2) is 6.61. The van der Waals surface area contributed by atoms with Gasteiger partial charge in [-0.05, 0) is 49.4 Å². The maximum atomic E-state index is 12.7. The van der Waals surface area contributed by atoms with Crippen LogP contribution in [0, 0.1) is 5.92 Å². The second-order valence-electron chi connectivity index (χ2n) is 7.51. The summed E-state index contributed by atoms with van der Waals surface area (Å²) < 4.78 is 0. The van der Waals surface area contributed by atoms with E-state index in [0.29, 0.717) is 11.7 Å². The van der Waals surface area contributed by atoms with Gasteiger partial charge < -0.3 is 20.9 Å². The molecule has 0 radical (unpaired) electrons. The number of amides is 1. The third-order valence-electron chi connectivity index (χ3n) is 5.67. The monoisotopic (exact) mass is 361 g/mol. The first kappa shape index (κ1) is 16.2. The van der Waals surface area contributed by atoms with E-state index in [4.69, 9.17) is 0 Å². The number of nitrogens with one attached hydrogen (secondary N) is 4. The lowest BCUT2D eigenvalue weighted by Gasteiger charge is -2.33. The Bertz CT molecular complexity index is 923. The van der Waals surface area contributed by atoms with Gasteiger partial charge in [0.05, 0.1) is 28.6 Å². The summed E-state index contributed by atoms with van der Waals surface area (Å²) >= 11 is 0. The van der Waals surface area contributed by atoms with Crippen molar-refractivity contribution in [3.8, 4) is 0 Å². The minimum atomic E-state index is -0.118. The topological polar surface area (TPSA) is 81.8 Å². The Morgan fingerprint density at radius 1 is 1.00 bits per heavy atom. The molecule has 2 unspecified atom stereocenters. The lowest BCUT2D eigenvalue weighted by atomic mass is 9.83. The van der Waals surface area contributed by atoms with Crippen molar-refractivity contribution < 1.29 is 4.79 Å². The summed E-state index contributed by atoms with van der Waals surface area (Å²) in [5.74, 6) is 0.752. The molecule has 27 heavy (non-hydrogen) atoms. The van der Waals surface area contributed by atoms with Crippen molar-refractivity contribution in [1.82, 2.24) is 15.3 Å². The zero-order valence-electron chi connectivity index (χ0n) is 15.0. The Labute approximate surface area is 157 Å². The summed E-state index contributed by atoms with van der Waals surface area (Å²) in [5, 5.41) is 10.4. The number of anilines is 2. The second-order valence-corrected chi connectivity index (χ2v) is 7.51. The van der Waals surface area contributed by atoms with Gasteiger partial charge in [-0.2, -0.15) is 0 Å². The molecule has 2 heterocycles. The maximum Gasteiger partial charge on any atom is 0.287 e. The number of para-hydroxylation sites is 4. The van der Waals surface area contributed by atoms with Crippen molar-refractivity contribution in [2.75, 3.05) is 10.6 Å². The zero-order valence-corrected chi connectivity index (χ0v) is 15.0. The summed E-state index contributed by atoms with van der Waals surface area (Å²) in [7, 11) is 0. The van der Waals surface area contributed by atoms with Gasteiger partial charge in [-0.1, -0.05) is 30.7 Å². The molecule has 1 amide bonds. The van der Waals surface area contributed by atoms with Crippen molar-refractivity contribution in [2.24, 2.45) is 5.92 Å². The molecule has 1 aromatic heterocycles. The summed E-state index contributed by atoms with van der Waals surface area (Å²) in [6.07, 6.45) is 4.49. The third-order valence-corrected chi connectivity index (χ3v) is 5.67. The fraction of sp³-hybridized carbons (Fsp3) is 0.333. The summed E-state index contributed by atoms with van der Waals surface area (Å²) in [6.45, 7) is 0. The van der Waals surface area contributed by atoms with Crippen LogP contribution in [0.5, 0.6) is 0 Å². The van der Waals surface area contributed by atoms with Crippen molar-refractivity contribution in [1.29, 1.82) is 0 Å². The van der Waals surface area contributed by atoms with Crippen LogP contribution in [0.3, 0.4) is 0 Å². The molecule has 2 aromatic carbocycles. The van der Waals surface area contributed by atoms with Crippen LogP contribution in [0.2, 0.25) is 0 Å². The van der Waals surface area contributed by atoms with E-state index < -0.39 is 0 Å². The van der Waals surface area contributed by atoms with Gasteiger partial charge in [-0.3, -0.25) is 4.79 Å². The number of hydrogen-bond acceptors (Lipinski definition) is 4. The van der Waals surface area contributed by atoms with Crippen LogP contribution in [-0.4, -0.2) is 28.1 Å². The van der Waals surface area contributed by atoms with Crippen molar-refractivity contribution in [3.05, 3.63) is 54.4 Å². The van der Waals surface area contributed by atoms with Crippen molar-refractivity contribution >= 4 is 28.3 Å².